The second kappa shape index (κ2) is 6.35. The Balaban J connectivity index is 2.02. The Labute approximate surface area is 144 Å². The minimum atomic E-state index is -0.803. The SMILES string of the molecule is Cc1cc2c(c([N+](=O)[O-])c1C)C(=O)NC(Cc1ccccc1)C(=O)N2. The number of benzene rings is 2. The van der Waals surface area contributed by atoms with E-state index in [-0.39, 0.29) is 16.9 Å². The van der Waals surface area contributed by atoms with Crippen molar-refractivity contribution in [3.8, 4) is 0 Å². The Morgan fingerprint density at radius 2 is 1.84 bits per heavy atom. The van der Waals surface area contributed by atoms with E-state index in [0.717, 1.165) is 5.56 Å². The van der Waals surface area contributed by atoms with Gasteiger partial charge in [0.25, 0.3) is 11.6 Å². The van der Waals surface area contributed by atoms with Gasteiger partial charge in [-0.05, 0) is 31.0 Å². The highest BCUT2D eigenvalue weighted by atomic mass is 16.6. The van der Waals surface area contributed by atoms with Crippen LogP contribution in [0.1, 0.15) is 27.0 Å². The van der Waals surface area contributed by atoms with Gasteiger partial charge >= 0.3 is 0 Å². The van der Waals surface area contributed by atoms with Crippen LogP contribution < -0.4 is 10.6 Å². The molecule has 0 spiro atoms. The molecule has 1 heterocycles. The van der Waals surface area contributed by atoms with E-state index in [0.29, 0.717) is 17.5 Å². The lowest BCUT2D eigenvalue weighted by Crippen LogP contribution is -2.42. The first-order chi connectivity index (χ1) is 11.9. The van der Waals surface area contributed by atoms with E-state index in [1.165, 1.54) is 0 Å². The number of aryl methyl sites for hydroxylation is 1. The molecule has 1 atom stereocenters. The predicted octanol–water partition coefficient (Wildman–Crippen LogP) is 2.50. The highest BCUT2D eigenvalue weighted by molar-refractivity contribution is 6.12. The molecule has 0 aromatic heterocycles. The third kappa shape index (κ3) is 3.08. The quantitative estimate of drug-likeness (QED) is 0.662. The summed E-state index contributed by atoms with van der Waals surface area (Å²) in [6.45, 7) is 3.30. The average molecular weight is 339 g/mol. The summed E-state index contributed by atoms with van der Waals surface area (Å²) in [6, 6.07) is 10.1. The molecular formula is C18H17N3O4. The van der Waals surface area contributed by atoms with E-state index in [1.807, 2.05) is 30.3 Å². The second-order valence-electron chi connectivity index (χ2n) is 6.05. The zero-order valence-electron chi connectivity index (χ0n) is 13.8. The molecule has 3 rings (SSSR count). The molecule has 25 heavy (non-hydrogen) atoms. The van der Waals surface area contributed by atoms with Crippen LogP contribution in [0, 0.1) is 24.0 Å². The molecule has 0 fully saturated rings. The third-order valence-corrected chi connectivity index (χ3v) is 4.39. The molecule has 1 aliphatic heterocycles. The maximum absolute atomic E-state index is 12.6. The molecule has 2 amide bonds. The van der Waals surface area contributed by atoms with Crippen molar-refractivity contribution in [1.29, 1.82) is 0 Å². The Morgan fingerprint density at radius 1 is 1.16 bits per heavy atom. The van der Waals surface area contributed by atoms with Crippen LogP contribution in [0.3, 0.4) is 0 Å². The number of carbonyl (C=O) groups is 2. The number of nitro benzene ring substituents is 1. The predicted molar refractivity (Wildman–Crippen MR) is 92.6 cm³/mol. The number of nitrogens with zero attached hydrogens (tertiary/aromatic N) is 1. The van der Waals surface area contributed by atoms with Crippen molar-refractivity contribution in [3.63, 3.8) is 0 Å². The van der Waals surface area contributed by atoms with E-state index in [1.54, 1.807) is 19.9 Å². The Hall–Kier alpha value is -3.22. The summed E-state index contributed by atoms with van der Waals surface area (Å²) in [4.78, 5) is 36.0. The van der Waals surface area contributed by atoms with E-state index in [2.05, 4.69) is 10.6 Å². The van der Waals surface area contributed by atoms with Crippen molar-refractivity contribution in [2.45, 2.75) is 26.3 Å². The summed E-state index contributed by atoms with van der Waals surface area (Å²) in [5.41, 5.74) is 1.74. The van der Waals surface area contributed by atoms with Crippen molar-refractivity contribution >= 4 is 23.2 Å². The van der Waals surface area contributed by atoms with Gasteiger partial charge in [0.1, 0.15) is 11.6 Å². The molecule has 0 bridgehead atoms. The van der Waals surface area contributed by atoms with Gasteiger partial charge in [0, 0.05) is 12.0 Å². The number of amides is 2. The van der Waals surface area contributed by atoms with Crippen LogP contribution in [0.15, 0.2) is 36.4 Å². The van der Waals surface area contributed by atoms with Gasteiger partial charge in [-0.2, -0.15) is 0 Å². The average Bonchev–Trinajstić information content (AvgIpc) is 2.67. The number of hydrogen-bond donors (Lipinski definition) is 2. The van der Waals surface area contributed by atoms with Gasteiger partial charge in [0.05, 0.1) is 10.6 Å². The smallest absolute Gasteiger partial charge is 0.287 e. The van der Waals surface area contributed by atoms with Gasteiger partial charge in [0.2, 0.25) is 5.91 Å². The lowest BCUT2D eigenvalue weighted by Gasteiger charge is -2.14. The summed E-state index contributed by atoms with van der Waals surface area (Å²) < 4.78 is 0. The largest absolute Gasteiger partial charge is 0.340 e. The van der Waals surface area contributed by atoms with E-state index in [4.69, 9.17) is 0 Å². The standard InChI is InChI=1S/C18H17N3O4/c1-10-8-13-15(16(11(10)2)21(24)25)18(23)20-14(17(22)19-13)9-12-6-4-3-5-7-12/h3-8,14H,9H2,1-2H3,(H,19,22)(H,20,23). The van der Waals surface area contributed by atoms with Crippen LogP contribution in [0.2, 0.25) is 0 Å². The summed E-state index contributed by atoms with van der Waals surface area (Å²) >= 11 is 0. The molecular weight excluding hydrogens is 322 g/mol. The molecule has 2 N–H and O–H groups in total. The van der Waals surface area contributed by atoms with Crippen LogP contribution >= 0.6 is 0 Å². The summed E-state index contributed by atoms with van der Waals surface area (Å²) in [5.74, 6) is -1.02. The molecule has 0 saturated heterocycles. The number of nitro groups is 1. The number of rotatable bonds is 3. The van der Waals surface area contributed by atoms with Crippen LogP contribution in [0.25, 0.3) is 0 Å². The normalized spacial score (nSPS) is 16.5. The lowest BCUT2D eigenvalue weighted by molar-refractivity contribution is -0.385. The van der Waals surface area contributed by atoms with Crippen molar-refractivity contribution in [1.82, 2.24) is 5.32 Å². The Bertz CT molecular complexity index is 878. The van der Waals surface area contributed by atoms with Crippen LogP contribution in [-0.2, 0) is 11.2 Å². The van der Waals surface area contributed by atoms with E-state index >= 15 is 0 Å². The lowest BCUT2D eigenvalue weighted by atomic mass is 10.00. The molecule has 1 unspecified atom stereocenters. The number of carbonyl (C=O) groups excluding carboxylic acids is 2. The van der Waals surface area contributed by atoms with E-state index < -0.39 is 22.8 Å². The fourth-order valence-corrected chi connectivity index (χ4v) is 2.96. The first kappa shape index (κ1) is 16.6. The van der Waals surface area contributed by atoms with Crippen molar-refractivity contribution in [3.05, 3.63) is 68.8 Å². The molecule has 2 aromatic rings. The molecule has 7 heteroatoms. The second-order valence-corrected chi connectivity index (χ2v) is 6.05. The van der Waals surface area contributed by atoms with Gasteiger partial charge in [-0.3, -0.25) is 19.7 Å². The zero-order valence-corrected chi connectivity index (χ0v) is 13.8. The third-order valence-electron chi connectivity index (χ3n) is 4.39. The monoisotopic (exact) mass is 339 g/mol. The highest BCUT2D eigenvalue weighted by Gasteiger charge is 2.35. The molecule has 0 radical (unpaired) electrons. The molecule has 0 aliphatic carbocycles. The maximum atomic E-state index is 12.6. The molecule has 0 saturated carbocycles. The van der Waals surface area contributed by atoms with Gasteiger partial charge in [-0.25, -0.2) is 0 Å². The van der Waals surface area contributed by atoms with E-state index in [9.17, 15) is 19.7 Å². The minimum absolute atomic E-state index is 0.1000. The first-order valence-corrected chi connectivity index (χ1v) is 7.82. The first-order valence-electron chi connectivity index (χ1n) is 7.82. The number of fused-ring (bicyclic) bond motifs is 1. The summed E-state index contributed by atoms with van der Waals surface area (Å²) in [5, 5.41) is 16.8. The summed E-state index contributed by atoms with van der Waals surface area (Å²) in [7, 11) is 0. The van der Waals surface area contributed by atoms with Gasteiger partial charge < -0.3 is 10.6 Å². The molecule has 2 aromatic carbocycles. The number of anilines is 1. The summed E-state index contributed by atoms with van der Waals surface area (Å²) in [6.07, 6.45) is 0.304. The van der Waals surface area contributed by atoms with Crippen LogP contribution in [0.5, 0.6) is 0 Å². The highest BCUT2D eigenvalue weighted by Crippen LogP contribution is 2.34. The number of hydrogen-bond acceptors (Lipinski definition) is 4. The minimum Gasteiger partial charge on any atom is -0.340 e. The van der Waals surface area contributed by atoms with Gasteiger partial charge in [0.15, 0.2) is 0 Å². The van der Waals surface area contributed by atoms with Crippen LogP contribution in [0.4, 0.5) is 11.4 Å². The van der Waals surface area contributed by atoms with Crippen molar-refractivity contribution in [2.24, 2.45) is 0 Å². The van der Waals surface area contributed by atoms with Crippen LogP contribution in [-0.4, -0.2) is 22.8 Å². The van der Waals surface area contributed by atoms with Gasteiger partial charge in [-0.1, -0.05) is 30.3 Å². The topological polar surface area (TPSA) is 101 Å². The molecule has 7 nitrogen and oxygen atoms in total. The maximum Gasteiger partial charge on any atom is 0.287 e. The van der Waals surface area contributed by atoms with Crippen molar-refractivity contribution in [2.75, 3.05) is 5.32 Å². The Kier molecular flexibility index (Phi) is 4.22. The Morgan fingerprint density at radius 3 is 2.48 bits per heavy atom. The zero-order chi connectivity index (χ0) is 18.1. The molecule has 128 valence electrons. The van der Waals surface area contributed by atoms with Crippen molar-refractivity contribution < 1.29 is 14.5 Å². The number of nitrogens with one attached hydrogen (secondary N) is 2. The fourth-order valence-electron chi connectivity index (χ4n) is 2.96. The van der Waals surface area contributed by atoms with Gasteiger partial charge in [-0.15, -0.1) is 0 Å². The molecule has 1 aliphatic rings. The fraction of sp³-hybridized carbons (Fsp3) is 0.222.